The summed E-state index contributed by atoms with van der Waals surface area (Å²) in [5, 5.41) is 5.21. The predicted molar refractivity (Wildman–Crippen MR) is 151 cm³/mol. The first-order valence-corrected chi connectivity index (χ1v) is 13.9. The monoisotopic (exact) mass is 527 g/mol. The SMILES string of the molecule is CC(C)(C)OC(=O)N1CCCC(CNC(=O)c2cccc([C@@H]3C[C@H]3C(=O)Cc3ccc4cnccc4c3)c2)C1. The summed E-state index contributed by atoms with van der Waals surface area (Å²) in [6.45, 7) is 7.36. The molecular weight excluding hydrogens is 490 g/mol. The first-order chi connectivity index (χ1) is 18.7. The van der Waals surface area contributed by atoms with Crippen LogP contribution in [0.15, 0.2) is 60.9 Å². The summed E-state index contributed by atoms with van der Waals surface area (Å²) >= 11 is 0. The van der Waals surface area contributed by atoms with Crippen LogP contribution in [0.5, 0.6) is 0 Å². The van der Waals surface area contributed by atoms with E-state index in [4.69, 9.17) is 4.74 Å². The number of hydrogen-bond acceptors (Lipinski definition) is 5. The highest BCUT2D eigenvalue weighted by Crippen LogP contribution is 2.48. The topological polar surface area (TPSA) is 88.6 Å². The number of carbonyl (C=O) groups excluding carboxylic acids is 3. The van der Waals surface area contributed by atoms with E-state index in [1.165, 1.54) is 0 Å². The average molecular weight is 528 g/mol. The van der Waals surface area contributed by atoms with Gasteiger partial charge in [0, 0.05) is 55.3 Å². The second-order valence-corrected chi connectivity index (χ2v) is 11.9. The maximum Gasteiger partial charge on any atom is 0.410 e. The minimum atomic E-state index is -0.525. The Morgan fingerprint density at radius 1 is 1.08 bits per heavy atom. The van der Waals surface area contributed by atoms with Crippen LogP contribution >= 0.6 is 0 Å². The normalized spacial score (nSPS) is 20.9. The van der Waals surface area contributed by atoms with Crippen molar-refractivity contribution in [1.29, 1.82) is 0 Å². The number of nitrogens with zero attached hydrogens (tertiary/aromatic N) is 2. The zero-order chi connectivity index (χ0) is 27.6. The molecule has 5 rings (SSSR count). The van der Waals surface area contributed by atoms with E-state index in [9.17, 15) is 14.4 Å². The molecule has 2 amide bonds. The van der Waals surface area contributed by atoms with Crippen LogP contribution in [0.3, 0.4) is 0 Å². The standard InChI is InChI=1S/C32H37N3O4/c1-32(2,3)39-31(38)35-13-5-6-22(20-35)18-34-30(37)25-8-4-7-24(16-25)27-17-28(27)29(36)15-21-9-10-26-19-33-12-11-23(26)14-21/h4,7-12,14,16,19,22,27-28H,5-6,13,15,17-18,20H2,1-3H3,(H,34,37)/t22?,27-,28+/m0/s1. The van der Waals surface area contributed by atoms with Crippen molar-refractivity contribution in [1.82, 2.24) is 15.2 Å². The molecule has 0 radical (unpaired) electrons. The molecule has 0 bridgehead atoms. The third-order valence-electron chi connectivity index (χ3n) is 7.59. The fraction of sp³-hybridized carbons (Fsp3) is 0.438. The number of hydrogen-bond donors (Lipinski definition) is 1. The molecule has 1 saturated heterocycles. The molecule has 2 aromatic carbocycles. The molecule has 1 unspecified atom stereocenters. The summed E-state index contributed by atoms with van der Waals surface area (Å²) in [5.74, 6) is 0.471. The fourth-order valence-electron chi connectivity index (χ4n) is 5.47. The van der Waals surface area contributed by atoms with Crippen LogP contribution in [0.25, 0.3) is 10.8 Å². The number of Topliss-reactive ketones (excluding diaryl/α,β-unsaturated/α-hetero) is 1. The Hall–Kier alpha value is -3.74. The number of ketones is 1. The van der Waals surface area contributed by atoms with Gasteiger partial charge in [-0.25, -0.2) is 4.79 Å². The maximum atomic E-state index is 13.0. The van der Waals surface area contributed by atoms with Gasteiger partial charge in [-0.3, -0.25) is 14.6 Å². The molecule has 1 N–H and O–H groups in total. The average Bonchev–Trinajstić information content (AvgIpc) is 3.72. The number of aromatic nitrogens is 1. The van der Waals surface area contributed by atoms with Gasteiger partial charge in [0.05, 0.1) is 0 Å². The van der Waals surface area contributed by atoms with Gasteiger partial charge in [0.2, 0.25) is 0 Å². The Labute approximate surface area is 229 Å². The Morgan fingerprint density at radius 3 is 2.74 bits per heavy atom. The van der Waals surface area contributed by atoms with Crippen molar-refractivity contribution >= 4 is 28.6 Å². The molecule has 2 heterocycles. The molecule has 7 heteroatoms. The number of pyridine rings is 1. The first kappa shape index (κ1) is 26.9. The summed E-state index contributed by atoms with van der Waals surface area (Å²) < 4.78 is 5.51. The molecule has 39 heavy (non-hydrogen) atoms. The number of fused-ring (bicyclic) bond motifs is 1. The number of benzene rings is 2. The van der Waals surface area contributed by atoms with Gasteiger partial charge in [-0.1, -0.05) is 30.3 Å². The summed E-state index contributed by atoms with van der Waals surface area (Å²) in [6.07, 6.45) is 6.39. The number of nitrogens with one attached hydrogen (secondary N) is 1. The minimum Gasteiger partial charge on any atom is -0.444 e. The lowest BCUT2D eigenvalue weighted by Crippen LogP contribution is -2.45. The number of rotatable bonds is 7. The second-order valence-electron chi connectivity index (χ2n) is 11.9. The molecule has 2 fully saturated rings. The molecule has 1 aromatic heterocycles. The highest BCUT2D eigenvalue weighted by molar-refractivity contribution is 5.94. The van der Waals surface area contributed by atoms with Gasteiger partial charge in [0.25, 0.3) is 5.91 Å². The summed E-state index contributed by atoms with van der Waals surface area (Å²) in [6, 6.07) is 15.7. The molecule has 204 valence electrons. The Bertz CT molecular complexity index is 1380. The highest BCUT2D eigenvalue weighted by Gasteiger charge is 2.43. The number of likely N-dealkylation sites (tertiary alicyclic amines) is 1. The number of ether oxygens (including phenoxy) is 1. The van der Waals surface area contributed by atoms with E-state index < -0.39 is 5.60 Å². The molecule has 0 spiro atoms. The first-order valence-electron chi connectivity index (χ1n) is 13.9. The van der Waals surface area contributed by atoms with Gasteiger partial charge >= 0.3 is 6.09 Å². The van der Waals surface area contributed by atoms with Crippen molar-refractivity contribution in [3.8, 4) is 0 Å². The molecule has 1 aliphatic heterocycles. The van der Waals surface area contributed by atoms with Gasteiger partial charge < -0.3 is 15.0 Å². The second kappa shape index (κ2) is 11.2. The van der Waals surface area contributed by atoms with E-state index in [2.05, 4.69) is 16.4 Å². The van der Waals surface area contributed by atoms with Crippen molar-refractivity contribution in [3.63, 3.8) is 0 Å². The molecule has 3 atom stereocenters. The van der Waals surface area contributed by atoms with Crippen LogP contribution in [0, 0.1) is 11.8 Å². The largest absolute Gasteiger partial charge is 0.444 e. The summed E-state index contributed by atoms with van der Waals surface area (Å²) in [5.41, 5.74) is 2.14. The van der Waals surface area contributed by atoms with Crippen LogP contribution < -0.4 is 5.32 Å². The van der Waals surface area contributed by atoms with Gasteiger partial charge in [0.1, 0.15) is 11.4 Å². The van der Waals surface area contributed by atoms with Crippen molar-refractivity contribution in [3.05, 3.63) is 77.6 Å². The molecule has 2 aliphatic rings. The van der Waals surface area contributed by atoms with E-state index in [-0.39, 0.29) is 35.5 Å². The van der Waals surface area contributed by atoms with E-state index in [0.717, 1.165) is 41.2 Å². The molecule has 7 nitrogen and oxygen atoms in total. The highest BCUT2D eigenvalue weighted by atomic mass is 16.6. The quantitative estimate of drug-likeness (QED) is 0.437. The maximum absolute atomic E-state index is 13.0. The van der Waals surface area contributed by atoms with E-state index in [1.807, 2.05) is 69.4 Å². The Morgan fingerprint density at radius 2 is 1.92 bits per heavy atom. The zero-order valence-corrected chi connectivity index (χ0v) is 23.0. The molecular formula is C32H37N3O4. The summed E-state index contributed by atoms with van der Waals surface area (Å²) in [7, 11) is 0. The fourth-order valence-corrected chi connectivity index (χ4v) is 5.47. The van der Waals surface area contributed by atoms with E-state index >= 15 is 0 Å². The Kier molecular flexibility index (Phi) is 7.69. The van der Waals surface area contributed by atoms with Crippen LogP contribution in [-0.4, -0.2) is 52.9 Å². The van der Waals surface area contributed by atoms with Crippen LogP contribution in [0.1, 0.15) is 67.4 Å². The van der Waals surface area contributed by atoms with Gasteiger partial charge in [-0.15, -0.1) is 0 Å². The van der Waals surface area contributed by atoms with Crippen molar-refractivity contribution in [2.45, 2.75) is 58.0 Å². The lowest BCUT2D eigenvalue weighted by Gasteiger charge is -2.34. The van der Waals surface area contributed by atoms with Gasteiger partial charge in [0.15, 0.2) is 0 Å². The van der Waals surface area contributed by atoms with Gasteiger partial charge in [-0.2, -0.15) is 0 Å². The number of carbonyl (C=O) groups is 3. The molecule has 1 saturated carbocycles. The third-order valence-corrected chi connectivity index (χ3v) is 7.59. The van der Waals surface area contributed by atoms with Crippen molar-refractivity contribution in [2.24, 2.45) is 11.8 Å². The van der Waals surface area contributed by atoms with Crippen molar-refractivity contribution < 1.29 is 19.1 Å². The van der Waals surface area contributed by atoms with E-state index in [0.29, 0.717) is 31.6 Å². The number of piperidine rings is 1. The van der Waals surface area contributed by atoms with Crippen LogP contribution in [0.4, 0.5) is 4.79 Å². The van der Waals surface area contributed by atoms with Crippen molar-refractivity contribution in [2.75, 3.05) is 19.6 Å². The van der Waals surface area contributed by atoms with Gasteiger partial charge in [-0.05, 0) is 86.6 Å². The van der Waals surface area contributed by atoms with E-state index in [1.54, 1.807) is 11.1 Å². The number of amides is 2. The van der Waals surface area contributed by atoms with Crippen LogP contribution in [-0.2, 0) is 16.0 Å². The molecule has 1 aliphatic carbocycles. The lowest BCUT2D eigenvalue weighted by atomic mass is 9.98. The Balaban J connectivity index is 1.13. The predicted octanol–water partition coefficient (Wildman–Crippen LogP) is 5.53. The lowest BCUT2D eigenvalue weighted by molar-refractivity contribution is -0.119. The summed E-state index contributed by atoms with van der Waals surface area (Å²) in [4.78, 5) is 44.3. The third kappa shape index (κ3) is 6.83. The van der Waals surface area contributed by atoms with Crippen LogP contribution in [0.2, 0.25) is 0 Å². The molecule has 3 aromatic rings. The zero-order valence-electron chi connectivity index (χ0n) is 23.0. The minimum absolute atomic E-state index is 0.00229. The smallest absolute Gasteiger partial charge is 0.410 e.